The molecule has 0 radical (unpaired) electrons. The van der Waals surface area contributed by atoms with Gasteiger partial charge in [0.15, 0.2) is 0 Å². The Balaban J connectivity index is 1.42. The van der Waals surface area contributed by atoms with Crippen LogP contribution in [0.4, 0.5) is 4.79 Å². The van der Waals surface area contributed by atoms with Gasteiger partial charge in [-0.15, -0.1) is 6.58 Å². The lowest BCUT2D eigenvalue weighted by molar-refractivity contribution is -0.223. The molecule has 3 aliphatic rings. The van der Waals surface area contributed by atoms with Gasteiger partial charge in [-0.1, -0.05) is 151 Å². The van der Waals surface area contributed by atoms with Crippen LogP contribution in [0.15, 0.2) is 78.0 Å². The third-order valence-corrected chi connectivity index (χ3v) is 14.8. The van der Waals surface area contributed by atoms with Crippen molar-refractivity contribution in [1.82, 2.24) is 5.32 Å². The minimum atomic E-state index is -1.03. The number of aliphatic hydroxyl groups is 2. The number of fused-ring (bicyclic) bond motifs is 2. The van der Waals surface area contributed by atoms with Gasteiger partial charge in [0, 0.05) is 37.7 Å². The minimum Gasteiger partial charge on any atom is -0.460 e. The number of ether oxygens (including phenoxy) is 3. The largest absolute Gasteiger partial charge is 0.460 e. The molecule has 0 spiro atoms. The molecule has 2 aliphatic carbocycles. The van der Waals surface area contributed by atoms with Gasteiger partial charge in [-0.05, 0) is 99.8 Å². The van der Waals surface area contributed by atoms with Crippen LogP contribution in [0.3, 0.4) is 0 Å². The standard InChI is InChI=1S/C55H84N2O7S/c1-6-8-9-10-11-12-13-14-15-16-17-18-19-27-37-65-50-40-48(57-64-54(3,4)5)46-38-43(30-23-25-34-58)45(31-24-26-35-59)51-47-39-44(62-53(60)56-41-42-28-21-20-22-29-42)32-33-49(47)63-55(50,52(46)51)61-36-7-2/h7,20-22,28-29,32-33,38-39,43,45,50-52,58-59H,2,6,8-19,23-27,30-31,34-37,40-41H2,1,3-5H3,(H,56,60)/t43-,45+,50-,51+,52+,55+/m0/s1. The summed E-state index contributed by atoms with van der Waals surface area (Å²) in [7, 11) is 0. The summed E-state index contributed by atoms with van der Waals surface area (Å²) in [4.78, 5) is 19.5. The Morgan fingerprint density at radius 1 is 0.877 bits per heavy atom. The van der Waals surface area contributed by atoms with Gasteiger partial charge < -0.3 is 34.6 Å². The number of unbranched alkanes of at least 4 members (excludes halogenated alkanes) is 15. The number of hydrogen-bond acceptors (Lipinski definition) is 9. The molecule has 9 nitrogen and oxygen atoms in total. The highest BCUT2D eigenvalue weighted by Gasteiger charge is 2.64. The highest BCUT2D eigenvalue weighted by molar-refractivity contribution is 8.00. The van der Waals surface area contributed by atoms with E-state index in [1.54, 1.807) is 0 Å². The third kappa shape index (κ3) is 16.2. The van der Waals surface area contributed by atoms with Crippen LogP contribution in [0.5, 0.6) is 11.5 Å². The van der Waals surface area contributed by atoms with Crippen LogP contribution < -0.4 is 14.8 Å². The molecule has 0 unspecified atom stereocenters. The van der Waals surface area contributed by atoms with E-state index in [0.717, 1.165) is 72.4 Å². The smallest absolute Gasteiger partial charge is 0.412 e. The molecule has 1 amide bonds. The predicted octanol–water partition coefficient (Wildman–Crippen LogP) is 13.6. The second kappa shape index (κ2) is 28.1. The highest BCUT2D eigenvalue weighted by Crippen LogP contribution is 2.62. The summed E-state index contributed by atoms with van der Waals surface area (Å²) in [6.45, 7) is 13.4. The summed E-state index contributed by atoms with van der Waals surface area (Å²) in [5.74, 6) is 1.14. The average Bonchev–Trinajstić information content (AvgIpc) is 3.30. The van der Waals surface area contributed by atoms with E-state index in [4.69, 9.17) is 24.2 Å². The summed E-state index contributed by atoms with van der Waals surface area (Å²) >= 11 is 1.94. The fourth-order valence-corrected chi connectivity index (χ4v) is 11.6. The van der Waals surface area contributed by atoms with Gasteiger partial charge in [0.2, 0.25) is 5.79 Å². The minimum absolute atomic E-state index is 0.0818. The van der Waals surface area contributed by atoms with Crippen LogP contribution in [0.1, 0.15) is 180 Å². The van der Waals surface area contributed by atoms with Crippen LogP contribution in [-0.4, -0.2) is 64.2 Å². The number of nitrogens with one attached hydrogen (secondary N) is 1. The molecule has 5 rings (SSSR count). The van der Waals surface area contributed by atoms with Gasteiger partial charge in [0.1, 0.15) is 17.1 Å². The summed E-state index contributed by atoms with van der Waals surface area (Å²) in [6.07, 6.45) is 27.9. The van der Waals surface area contributed by atoms with E-state index in [1.165, 1.54) is 83.5 Å². The molecule has 0 aromatic heterocycles. The Morgan fingerprint density at radius 2 is 1.52 bits per heavy atom. The zero-order chi connectivity index (χ0) is 46.3. The number of carbonyl (C=O) groups is 1. The first-order valence-corrected chi connectivity index (χ1v) is 26.6. The van der Waals surface area contributed by atoms with Crippen LogP contribution in [0.25, 0.3) is 0 Å². The number of oxime groups is 1. The topological polar surface area (TPSA) is 119 Å². The summed E-state index contributed by atoms with van der Waals surface area (Å²) in [5, 5.41) is 27.7. The zero-order valence-electron chi connectivity index (χ0n) is 40.5. The fourth-order valence-electron chi connectivity index (χ4n) is 10.2. The van der Waals surface area contributed by atoms with Gasteiger partial charge in [0.25, 0.3) is 0 Å². The Morgan fingerprint density at radius 3 is 2.15 bits per heavy atom. The van der Waals surface area contributed by atoms with Crippen molar-refractivity contribution in [3.8, 4) is 11.5 Å². The monoisotopic (exact) mass is 917 g/mol. The number of aliphatic hydroxyl groups excluding tert-OH is 2. The third-order valence-electron chi connectivity index (χ3n) is 13.4. The van der Waals surface area contributed by atoms with E-state index in [9.17, 15) is 15.0 Å². The normalized spacial score (nSPS) is 23.0. The first-order valence-electron chi connectivity index (χ1n) is 25.5. The molecule has 1 aliphatic heterocycles. The molecule has 2 aromatic rings. The molecule has 10 heteroatoms. The molecule has 1 saturated carbocycles. The maximum absolute atomic E-state index is 13.2. The van der Waals surface area contributed by atoms with Gasteiger partial charge in [-0.3, -0.25) is 0 Å². The number of carbonyl (C=O) groups excluding carboxylic acids is 1. The lowest BCUT2D eigenvalue weighted by atomic mass is 9.56. The van der Waals surface area contributed by atoms with Crippen molar-refractivity contribution in [1.29, 1.82) is 0 Å². The molecule has 1 fully saturated rings. The van der Waals surface area contributed by atoms with Crippen molar-refractivity contribution in [3.05, 3.63) is 84.0 Å². The summed E-state index contributed by atoms with van der Waals surface area (Å²) < 4.78 is 20.5. The second-order valence-electron chi connectivity index (χ2n) is 19.6. The van der Waals surface area contributed by atoms with Crippen molar-refractivity contribution < 1.29 is 34.1 Å². The molecule has 3 N–H and O–H groups in total. The number of nitrogens with zero attached hydrogens (tertiary/aromatic N) is 1. The molecule has 6 atom stereocenters. The van der Waals surface area contributed by atoms with Crippen molar-refractivity contribution >= 4 is 23.6 Å². The SMILES string of the molecule is C=CCO[C@@]12Oc3ccc(OC(=O)NCc4ccccc4)cc3[C@H]3[C@H](CCCCO)[C@@H](CCCCO)C=C(C(=NOC(C)(C)C)C[C@@H]1SCCCCCCCCCCCCCCCC)[C@H]32. The van der Waals surface area contributed by atoms with Gasteiger partial charge >= 0.3 is 6.09 Å². The van der Waals surface area contributed by atoms with E-state index < -0.39 is 17.5 Å². The second-order valence-corrected chi connectivity index (χ2v) is 21.0. The summed E-state index contributed by atoms with van der Waals surface area (Å²) in [6, 6.07) is 15.6. The van der Waals surface area contributed by atoms with E-state index >= 15 is 0 Å². The van der Waals surface area contributed by atoms with E-state index in [2.05, 4.69) is 24.9 Å². The van der Waals surface area contributed by atoms with Gasteiger partial charge in [-0.2, -0.15) is 11.8 Å². The predicted molar refractivity (Wildman–Crippen MR) is 268 cm³/mol. The maximum atomic E-state index is 13.2. The van der Waals surface area contributed by atoms with Crippen molar-refractivity contribution in [2.45, 2.75) is 192 Å². The van der Waals surface area contributed by atoms with Crippen LogP contribution in [-0.2, 0) is 16.1 Å². The molecule has 2 aromatic carbocycles. The lowest BCUT2D eigenvalue weighted by Crippen LogP contribution is -2.64. The van der Waals surface area contributed by atoms with Crippen molar-refractivity contribution in [2.24, 2.45) is 22.9 Å². The molecule has 1 heterocycles. The van der Waals surface area contributed by atoms with Crippen molar-refractivity contribution in [3.63, 3.8) is 0 Å². The lowest BCUT2D eigenvalue weighted by Gasteiger charge is -2.58. The van der Waals surface area contributed by atoms with Gasteiger partial charge in [-0.25, -0.2) is 4.79 Å². The molecule has 362 valence electrons. The van der Waals surface area contributed by atoms with Crippen LogP contribution in [0, 0.1) is 17.8 Å². The van der Waals surface area contributed by atoms with Crippen molar-refractivity contribution in [2.75, 3.05) is 25.6 Å². The van der Waals surface area contributed by atoms with Crippen LogP contribution >= 0.6 is 11.8 Å². The molecular weight excluding hydrogens is 833 g/mol. The van der Waals surface area contributed by atoms with E-state index in [-0.39, 0.29) is 42.1 Å². The Kier molecular flexibility index (Phi) is 22.8. The number of amides is 1. The Labute approximate surface area is 397 Å². The molecule has 0 bridgehead atoms. The first kappa shape index (κ1) is 52.7. The Bertz CT molecular complexity index is 1760. The zero-order valence-corrected chi connectivity index (χ0v) is 41.4. The average molecular weight is 917 g/mol. The first-order chi connectivity index (χ1) is 31.6. The van der Waals surface area contributed by atoms with E-state index in [0.29, 0.717) is 31.7 Å². The maximum Gasteiger partial charge on any atom is 0.412 e. The molecule has 0 saturated heterocycles. The molecule has 65 heavy (non-hydrogen) atoms. The number of benzene rings is 2. The van der Waals surface area contributed by atoms with Gasteiger partial charge in [0.05, 0.1) is 23.5 Å². The van der Waals surface area contributed by atoms with E-state index in [1.807, 2.05) is 87.1 Å². The summed E-state index contributed by atoms with van der Waals surface area (Å²) in [5.41, 5.74) is 3.53. The number of rotatable bonds is 31. The number of allylic oxidation sites excluding steroid dienone is 1. The fraction of sp³-hybridized carbons (Fsp3) is 0.673. The molecular formula is C55H84N2O7S. The number of hydrogen-bond donors (Lipinski definition) is 3. The Hall–Kier alpha value is -3.31. The highest BCUT2D eigenvalue weighted by atomic mass is 32.2. The quantitative estimate of drug-likeness (QED) is 0.0389. The van der Waals surface area contributed by atoms with Crippen LogP contribution in [0.2, 0.25) is 0 Å². The number of thioether (sulfide) groups is 1.